The van der Waals surface area contributed by atoms with Crippen LogP contribution in [0.3, 0.4) is 0 Å². The molecule has 1 heterocycles. The lowest BCUT2D eigenvalue weighted by Gasteiger charge is -2.37. The van der Waals surface area contributed by atoms with E-state index >= 15 is 0 Å². The van der Waals surface area contributed by atoms with Crippen molar-refractivity contribution in [2.75, 3.05) is 18.0 Å². The SMILES string of the molecule is CCC1C(=O)NCCN1c1cccc(Cl)c1CN. The van der Waals surface area contributed by atoms with Gasteiger partial charge in [0, 0.05) is 35.9 Å². The summed E-state index contributed by atoms with van der Waals surface area (Å²) >= 11 is 6.17. The number of nitrogens with zero attached hydrogens (tertiary/aromatic N) is 1. The lowest BCUT2D eigenvalue weighted by Crippen LogP contribution is -2.55. The molecule has 4 nitrogen and oxygen atoms in total. The first-order chi connectivity index (χ1) is 8.69. The molecule has 0 radical (unpaired) electrons. The Morgan fingerprint density at radius 3 is 3.00 bits per heavy atom. The van der Waals surface area contributed by atoms with Crippen LogP contribution in [0.25, 0.3) is 0 Å². The van der Waals surface area contributed by atoms with Gasteiger partial charge >= 0.3 is 0 Å². The van der Waals surface area contributed by atoms with Crippen LogP contribution in [0.1, 0.15) is 18.9 Å². The highest BCUT2D eigenvalue weighted by Gasteiger charge is 2.29. The first-order valence-corrected chi connectivity index (χ1v) is 6.58. The third kappa shape index (κ3) is 2.31. The van der Waals surface area contributed by atoms with Crippen molar-refractivity contribution in [3.8, 4) is 0 Å². The molecule has 1 atom stereocenters. The number of nitrogens with one attached hydrogen (secondary N) is 1. The van der Waals surface area contributed by atoms with Crippen LogP contribution in [0.4, 0.5) is 5.69 Å². The molecule has 5 heteroatoms. The Bertz CT molecular complexity index is 450. The van der Waals surface area contributed by atoms with Crippen molar-refractivity contribution in [3.05, 3.63) is 28.8 Å². The summed E-state index contributed by atoms with van der Waals surface area (Å²) in [5.41, 5.74) is 7.66. The third-order valence-electron chi connectivity index (χ3n) is 3.33. The maximum absolute atomic E-state index is 11.9. The first-order valence-electron chi connectivity index (χ1n) is 6.20. The van der Waals surface area contributed by atoms with Gasteiger partial charge in [-0.25, -0.2) is 0 Å². The second-order valence-corrected chi connectivity index (χ2v) is 4.76. The molecule has 0 aromatic heterocycles. The molecule has 3 N–H and O–H groups in total. The van der Waals surface area contributed by atoms with E-state index in [4.69, 9.17) is 17.3 Å². The average Bonchev–Trinajstić information content (AvgIpc) is 2.38. The van der Waals surface area contributed by atoms with Gasteiger partial charge in [0.15, 0.2) is 0 Å². The molecule has 1 aromatic rings. The molecule has 0 saturated carbocycles. The molecule has 1 amide bonds. The van der Waals surface area contributed by atoms with Gasteiger partial charge in [0.25, 0.3) is 0 Å². The Morgan fingerprint density at radius 1 is 1.56 bits per heavy atom. The molecule has 0 bridgehead atoms. The molecule has 0 spiro atoms. The number of amides is 1. The lowest BCUT2D eigenvalue weighted by atomic mass is 10.1. The molecule has 2 rings (SSSR count). The van der Waals surface area contributed by atoms with Gasteiger partial charge in [0.1, 0.15) is 6.04 Å². The standard InChI is InChI=1S/C13H18ClN3O/c1-2-11-13(18)16-6-7-17(11)12-5-3-4-10(14)9(12)8-15/h3-5,11H,2,6-8,15H2,1H3,(H,16,18). The lowest BCUT2D eigenvalue weighted by molar-refractivity contribution is -0.123. The van der Waals surface area contributed by atoms with Crippen molar-refractivity contribution in [2.45, 2.75) is 25.9 Å². The minimum atomic E-state index is -0.137. The van der Waals surface area contributed by atoms with Crippen LogP contribution in [0.15, 0.2) is 18.2 Å². The smallest absolute Gasteiger partial charge is 0.242 e. The molecular weight excluding hydrogens is 250 g/mol. The predicted molar refractivity (Wildman–Crippen MR) is 73.8 cm³/mol. The number of benzene rings is 1. The van der Waals surface area contributed by atoms with Crippen molar-refractivity contribution in [1.29, 1.82) is 0 Å². The number of hydrogen-bond donors (Lipinski definition) is 2. The fourth-order valence-corrected chi connectivity index (χ4v) is 2.67. The van der Waals surface area contributed by atoms with Gasteiger partial charge in [0.05, 0.1) is 0 Å². The van der Waals surface area contributed by atoms with Crippen molar-refractivity contribution in [1.82, 2.24) is 5.32 Å². The number of nitrogens with two attached hydrogens (primary N) is 1. The number of piperazine rings is 1. The van der Waals surface area contributed by atoms with Gasteiger partial charge in [0.2, 0.25) is 5.91 Å². The highest BCUT2D eigenvalue weighted by molar-refractivity contribution is 6.31. The fraction of sp³-hybridized carbons (Fsp3) is 0.462. The van der Waals surface area contributed by atoms with Crippen LogP contribution in [-0.4, -0.2) is 25.0 Å². The normalized spacial score (nSPS) is 19.8. The zero-order chi connectivity index (χ0) is 13.1. The van der Waals surface area contributed by atoms with Crippen LogP contribution in [0, 0.1) is 0 Å². The summed E-state index contributed by atoms with van der Waals surface area (Å²) in [7, 11) is 0. The Hall–Kier alpha value is -1.26. The third-order valence-corrected chi connectivity index (χ3v) is 3.68. The van der Waals surface area contributed by atoms with E-state index in [-0.39, 0.29) is 11.9 Å². The van der Waals surface area contributed by atoms with Crippen molar-refractivity contribution < 1.29 is 4.79 Å². The van der Waals surface area contributed by atoms with E-state index in [1.54, 1.807) is 0 Å². The maximum Gasteiger partial charge on any atom is 0.242 e. The number of carbonyl (C=O) groups is 1. The molecule has 1 aliphatic rings. The number of carbonyl (C=O) groups excluding carboxylic acids is 1. The van der Waals surface area contributed by atoms with E-state index in [0.29, 0.717) is 18.1 Å². The minimum absolute atomic E-state index is 0.0756. The highest BCUT2D eigenvalue weighted by atomic mass is 35.5. The highest BCUT2D eigenvalue weighted by Crippen LogP contribution is 2.29. The van der Waals surface area contributed by atoms with Crippen LogP contribution in [-0.2, 0) is 11.3 Å². The Kier molecular flexibility index (Phi) is 4.09. The number of halogens is 1. The summed E-state index contributed by atoms with van der Waals surface area (Å²) in [5, 5.41) is 3.55. The number of anilines is 1. The zero-order valence-electron chi connectivity index (χ0n) is 10.4. The Balaban J connectivity index is 2.40. The zero-order valence-corrected chi connectivity index (χ0v) is 11.2. The first kappa shape index (κ1) is 13.2. The van der Waals surface area contributed by atoms with Gasteiger partial charge in [-0.2, -0.15) is 0 Å². The minimum Gasteiger partial charge on any atom is -0.357 e. The number of rotatable bonds is 3. The Morgan fingerprint density at radius 2 is 2.33 bits per heavy atom. The molecule has 1 saturated heterocycles. The van der Waals surface area contributed by atoms with E-state index in [1.165, 1.54) is 0 Å². The molecular formula is C13H18ClN3O. The average molecular weight is 268 g/mol. The van der Waals surface area contributed by atoms with E-state index in [9.17, 15) is 4.79 Å². The molecule has 18 heavy (non-hydrogen) atoms. The quantitative estimate of drug-likeness (QED) is 0.873. The van der Waals surface area contributed by atoms with E-state index < -0.39 is 0 Å². The molecule has 98 valence electrons. The Labute approximate surface area is 112 Å². The monoisotopic (exact) mass is 267 g/mol. The summed E-state index contributed by atoms with van der Waals surface area (Å²) in [4.78, 5) is 14.0. The van der Waals surface area contributed by atoms with Crippen LogP contribution in [0.5, 0.6) is 0 Å². The summed E-state index contributed by atoms with van der Waals surface area (Å²) in [6.07, 6.45) is 0.766. The van der Waals surface area contributed by atoms with Crippen molar-refractivity contribution >= 4 is 23.2 Å². The van der Waals surface area contributed by atoms with Crippen LogP contribution in [0.2, 0.25) is 5.02 Å². The maximum atomic E-state index is 11.9. The molecule has 1 aromatic carbocycles. The molecule has 1 unspecified atom stereocenters. The topological polar surface area (TPSA) is 58.4 Å². The van der Waals surface area contributed by atoms with E-state index in [1.807, 2.05) is 25.1 Å². The van der Waals surface area contributed by atoms with Crippen LogP contribution >= 0.6 is 11.6 Å². The number of hydrogen-bond acceptors (Lipinski definition) is 3. The second-order valence-electron chi connectivity index (χ2n) is 4.35. The summed E-state index contributed by atoms with van der Waals surface area (Å²) in [6.45, 7) is 3.84. The van der Waals surface area contributed by atoms with Gasteiger partial charge in [-0.3, -0.25) is 4.79 Å². The second kappa shape index (κ2) is 5.59. The van der Waals surface area contributed by atoms with Gasteiger partial charge in [-0.05, 0) is 18.6 Å². The summed E-state index contributed by atoms with van der Waals surface area (Å²) < 4.78 is 0. The van der Waals surface area contributed by atoms with Gasteiger partial charge < -0.3 is 16.0 Å². The largest absolute Gasteiger partial charge is 0.357 e. The fourth-order valence-electron chi connectivity index (χ4n) is 2.43. The molecule has 0 aliphatic carbocycles. The predicted octanol–water partition coefficient (Wildman–Crippen LogP) is 1.51. The van der Waals surface area contributed by atoms with Gasteiger partial charge in [-0.15, -0.1) is 0 Å². The van der Waals surface area contributed by atoms with E-state index in [0.717, 1.165) is 24.2 Å². The summed E-state index contributed by atoms with van der Waals surface area (Å²) in [6, 6.07) is 5.58. The summed E-state index contributed by atoms with van der Waals surface area (Å²) in [5.74, 6) is 0.0756. The van der Waals surface area contributed by atoms with Gasteiger partial charge in [-0.1, -0.05) is 24.6 Å². The van der Waals surface area contributed by atoms with Crippen molar-refractivity contribution in [3.63, 3.8) is 0 Å². The van der Waals surface area contributed by atoms with E-state index in [2.05, 4.69) is 10.2 Å². The molecule has 1 aliphatic heterocycles. The van der Waals surface area contributed by atoms with Crippen LogP contribution < -0.4 is 16.0 Å². The molecule has 1 fully saturated rings. The van der Waals surface area contributed by atoms with Crippen molar-refractivity contribution in [2.24, 2.45) is 5.73 Å².